The van der Waals surface area contributed by atoms with E-state index in [-0.39, 0.29) is 5.54 Å². The van der Waals surface area contributed by atoms with Crippen molar-refractivity contribution in [3.63, 3.8) is 0 Å². The zero-order valence-electron chi connectivity index (χ0n) is 10.3. The molecule has 0 aliphatic carbocycles. The van der Waals surface area contributed by atoms with Crippen molar-refractivity contribution in [1.82, 2.24) is 4.90 Å². The Labute approximate surface area is 98.9 Å². The number of alkyl halides is 1. The summed E-state index contributed by atoms with van der Waals surface area (Å²) in [6.07, 6.45) is 2.38. The molecule has 1 unspecified atom stereocenters. The molecular formula is C12H24ClNO. The van der Waals surface area contributed by atoms with Gasteiger partial charge in [0.15, 0.2) is 0 Å². The van der Waals surface area contributed by atoms with E-state index in [2.05, 4.69) is 25.7 Å². The topological polar surface area (TPSA) is 12.5 Å². The monoisotopic (exact) mass is 233 g/mol. The zero-order valence-corrected chi connectivity index (χ0v) is 11.0. The van der Waals surface area contributed by atoms with E-state index in [0.29, 0.717) is 0 Å². The van der Waals surface area contributed by atoms with Gasteiger partial charge >= 0.3 is 0 Å². The van der Waals surface area contributed by atoms with Gasteiger partial charge in [-0.1, -0.05) is 6.92 Å². The molecule has 0 aromatic carbocycles. The molecule has 1 aliphatic heterocycles. The molecule has 2 nitrogen and oxygen atoms in total. The van der Waals surface area contributed by atoms with Crippen LogP contribution >= 0.6 is 11.6 Å². The van der Waals surface area contributed by atoms with E-state index in [1.807, 2.05) is 0 Å². The fourth-order valence-electron chi connectivity index (χ4n) is 2.01. The predicted molar refractivity (Wildman–Crippen MR) is 65.6 cm³/mol. The van der Waals surface area contributed by atoms with Crippen LogP contribution in [0.3, 0.4) is 0 Å². The van der Waals surface area contributed by atoms with E-state index in [1.54, 1.807) is 0 Å². The van der Waals surface area contributed by atoms with Crippen LogP contribution in [-0.4, -0.2) is 42.6 Å². The van der Waals surface area contributed by atoms with Gasteiger partial charge in [0, 0.05) is 18.0 Å². The summed E-state index contributed by atoms with van der Waals surface area (Å²) in [5.74, 6) is 1.52. The van der Waals surface area contributed by atoms with Gasteiger partial charge in [-0.05, 0) is 39.2 Å². The summed E-state index contributed by atoms with van der Waals surface area (Å²) in [6.45, 7) is 10.8. The second-order valence-corrected chi connectivity index (χ2v) is 5.60. The van der Waals surface area contributed by atoms with Crippen LogP contribution in [0.4, 0.5) is 0 Å². The number of morpholine rings is 1. The Kier molecular flexibility index (Phi) is 5.37. The molecule has 1 saturated heterocycles. The van der Waals surface area contributed by atoms with Crippen LogP contribution in [0.5, 0.6) is 0 Å². The molecular weight excluding hydrogens is 210 g/mol. The summed E-state index contributed by atoms with van der Waals surface area (Å²) < 4.78 is 5.51. The summed E-state index contributed by atoms with van der Waals surface area (Å²) in [4.78, 5) is 2.54. The van der Waals surface area contributed by atoms with Gasteiger partial charge in [-0.15, -0.1) is 11.6 Å². The highest BCUT2D eigenvalue weighted by atomic mass is 35.5. The van der Waals surface area contributed by atoms with Gasteiger partial charge < -0.3 is 4.74 Å². The van der Waals surface area contributed by atoms with Crippen molar-refractivity contribution in [2.75, 3.05) is 32.2 Å². The first-order valence-electron chi connectivity index (χ1n) is 5.95. The molecule has 0 spiro atoms. The van der Waals surface area contributed by atoms with E-state index < -0.39 is 0 Å². The maximum atomic E-state index is 5.74. The summed E-state index contributed by atoms with van der Waals surface area (Å²) in [6, 6.07) is 0. The molecule has 1 heterocycles. The van der Waals surface area contributed by atoms with Crippen LogP contribution in [0.2, 0.25) is 0 Å². The Hall–Kier alpha value is 0.210. The van der Waals surface area contributed by atoms with Crippen molar-refractivity contribution in [3.05, 3.63) is 0 Å². The molecule has 0 radical (unpaired) electrons. The molecule has 0 bridgehead atoms. The first-order valence-corrected chi connectivity index (χ1v) is 6.48. The van der Waals surface area contributed by atoms with Crippen molar-refractivity contribution < 1.29 is 4.74 Å². The summed E-state index contributed by atoms with van der Waals surface area (Å²) >= 11 is 5.74. The maximum Gasteiger partial charge on any atom is 0.0645 e. The highest BCUT2D eigenvalue weighted by Crippen LogP contribution is 2.20. The lowest BCUT2D eigenvalue weighted by molar-refractivity contribution is -0.0525. The third-order valence-corrected chi connectivity index (χ3v) is 3.53. The molecule has 0 saturated carbocycles. The molecule has 1 atom stereocenters. The largest absolute Gasteiger partial charge is 0.378 e. The summed E-state index contributed by atoms with van der Waals surface area (Å²) in [5, 5.41) is 0. The van der Waals surface area contributed by atoms with Gasteiger partial charge in [-0.25, -0.2) is 0 Å². The van der Waals surface area contributed by atoms with Crippen molar-refractivity contribution in [2.45, 2.75) is 39.2 Å². The Morgan fingerprint density at radius 3 is 2.73 bits per heavy atom. The van der Waals surface area contributed by atoms with E-state index in [1.165, 1.54) is 13.0 Å². The van der Waals surface area contributed by atoms with Crippen LogP contribution in [0, 0.1) is 5.92 Å². The summed E-state index contributed by atoms with van der Waals surface area (Å²) in [7, 11) is 0. The normalized spacial score (nSPS) is 24.0. The van der Waals surface area contributed by atoms with E-state index in [9.17, 15) is 0 Å². The van der Waals surface area contributed by atoms with Gasteiger partial charge in [0.05, 0.1) is 13.2 Å². The average molecular weight is 234 g/mol. The molecule has 0 N–H and O–H groups in total. The number of halogens is 1. The van der Waals surface area contributed by atoms with Crippen LogP contribution in [0.25, 0.3) is 0 Å². The summed E-state index contributed by atoms with van der Waals surface area (Å²) in [5.41, 5.74) is 0.207. The lowest BCUT2D eigenvalue weighted by Gasteiger charge is -2.42. The Morgan fingerprint density at radius 2 is 2.13 bits per heavy atom. The van der Waals surface area contributed by atoms with Crippen molar-refractivity contribution in [2.24, 2.45) is 5.92 Å². The smallest absolute Gasteiger partial charge is 0.0645 e. The molecule has 1 fully saturated rings. The van der Waals surface area contributed by atoms with Gasteiger partial charge in [-0.3, -0.25) is 4.90 Å². The zero-order chi connectivity index (χ0) is 11.3. The first-order chi connectivity index (χ1) is 7.06. The second-order valence-electron chi connectivity index (χ2n) is 5.22. The number of rotatable bonds is 5. The van der Waals surface area contributed by atoms with Crippen LogP contribution < -0.4 is 0 Å². The first kappa shape index (κ1) is 13.3. The maximum absolute atomic E-state index is 5.74. The molecule has 3 heteroatoms. The number of ether oxygens (including phenoxy) is 1. The van der Waals surface area contributed by atoms with Gasteiger partial charge in [0.25, 0.3) is 0 Å². The Balaban J connectivity index is 2.30. The highest BCUT2D eigenvalue weighted by molar-refractivity contribution is 6.17. The van der Waals surface area contributed by atoms with Gasteiger partial charge in [0.1, 0.15) is 0 Å². The van der Waals surface area contributed by atoms with Crippen LogP contribution in [-0.2, 0) is 4.74 Å². The van der Waals surface area contributed by atoms with E-state index >= 15 is 0 Å². The molecule has 0 aromatic rings. The highest BCUT2D eigenvalue weighted by Gasteiger charge is 2.29. The van der Waals surface area contributed by atoms with Crippen LogP contribution in [0.15, 0.2) is 0 Å². The fourth-order valence-corrected chi connectivity index (χ4v) is 2.38. The third-order valence-electron chi connectivity index (χ3n) is 3.31. The minimum atomic E-state index is 0.207. The van der Waals surface area contributed by atoms with E-state index in [4.69, 9.17) is 16.3 Å². The number of nitrogens with zero attached hydrogens (tertiary/aromatic N) is 1. The minimum absolute atomic E-state index is 0.207. The second kappa shape index (κ2) is 6.07. The van der Waals surface area contributed by atoms with E-state index in [0.717, 1.165) is 38.0 Å². The lowest BCUT2D eigenvalue weighted by atomic mass is 9.99. The molecule has 15 heavy (non-hydrogen) atoms. The molecule has 1 rings (SSSR count). The molecule has 0 aromatic heterocycles. The fraction of sp³-hybridized carbons (Fsp3) is 1.00. The third kappa shape index (κ3) is 4.29. The lowest BCUT2D eigenvalue weighted by Crippen LogP contribution is -2.53. The van der Waals surface area contributed by atoms with Gasteiger partial charge in [-0.2, -0.15) is 0 Å². The SMILES string of the molecule is CC(CCCl)CCN1CCOCC1(C)C. The van der Waals surface area contributed by atoms with Crippen molar-refractivity contribution >= 4 is 11.6 Å². The average Bonchev–Trinajstić information content (AvgIpc) is 2.16. The number of hydrogen-bond acceptors (Lipinski definition) is 2. The van der Waals surface area contributed by atoms with Crippen molar-refractivity contribution in [1.29, 1.82) is 0 Å². The predicted octanol–water partition coefficient (Wildman–Crippen LogP) is 2.75. The van der Waals surface area contributed by atoms with Gasteiger partial charge in [0.2, 0.25) is 0 Å². The Morgan fingerprint density at radius 1 is 1.40 bits per heavy atom. The number of hydrogen-bond donors (Lipinski definition) is 0. The quantitative estimate of drug-likeness (QED) is 0.678. The minimum Gasteiger partial charge on any atom is -0.378 e. The standard InChI is InChI=1S/C12H24ClNO/c1-11(4-6-13)5-7-14-8-9-15-10-12(14,2)3/h11H,4-10H2,1-3H3. The Bertz CT molecular complexity index is 184. The molecule has 1 aliphatic rings. The molecule has 90 valence electrons. The molecule has 0 amide bonds. The van der Waals surface area contributed by atoms with Crippen molar-refractivity contribution in [3.8, 4) is 0 Å². The van der Waals surface area contributed by atoms with Crippen LogP contribution in [0.1, 0.15) is 33.6 Å².